The lowest BCUT2D eigenvalue weighted by Gasteiger charge is -2.19. The molecule has 3 aromatic rings. The molecule has 7 nitrogen and oxygen atoms in total. The Hall–Kier alpha value is -3.69. The number of aliphatic hydroxyl groups excluding tert-OH is 2. The second-order valence-corrected chi connectivity index (χ2v) is 8.43. The van der Waals surface area contributed by atoms with Crippen LogP contribution in [0.15, 0.2) is 66.7 Å². The van der Waals surface area contributed by atoms with Gasteiger partial charge in [0.25, 0.3) is 0 Å². The summed E-state index contributed by atoms with van der Waals surface area (Å²) in [4.78, 5) is 12.3. The summed E-state index contributed by atoms with van der Waals surface area (Å²) in [6.45, 7) is 0.199. The Balaban J connectivity index is 1.12. The minimum atomic E-state index is -3.77. The fourth-order valence-corrected chi connectivity index (χ4v) is 4.50. The molecule has 2 aliphatic rings. The number of carbonyl (C=O) groups excluding carboxylic acids is 1. The Morgan fingerprint density at radius 1 is 0.971 bits per heavy atom. The first-order valence-electron chi connectivity index (χ1n) is 11.2. The summed E-state index contributed by atoms with van der Waals surface area (Å²) in [6, 6.07) is 19.8. The quantitative estimate of drug-likeness (QED) is 0.463. The minimum Gasteiger partial charge on any atom is -0.449 e. The summed E-state index contributed by atoms with van der Waals surface area (Å²) in [5.74, 6) is -0.452. The molecule has 0 saturated carbocycles. The molecular formula is C26H23F2NO6. The topological polar surface area (TPSA) is 97.3 Å². The molecule has 9 heteroatoms. The van der Waals surface area contributed by atoms with Gasteiger partial charge in [0.15, 0.2) is 11.5 Å². The molecule has 1 amide bonds. The van der Waals surface area contributed by atoms with Gasteiger partial charge < -0.3 is 29.7 Å². The Morgan fingerprint density at radius 2 is 1.60 bits per heavy atom. The average molecular weight is 483 g/mol. The van der Waals surface area contributed by atoms with E-state index in [1.54, 1.807) is 0 Å². The number of halogens is 2. The van der Waals surface area contributed by atoms with Crippen LogP contribution in [0.5, 0.6) is 11.5 Å². The van der Waals surface area contributed by atoms with Crippen LogP contribution >= 0.6 is 0 Å². The number of carbonyl (C=O) groups is 1. The van der Waals surface area contributed by atoms with Crippen molar-refractivity contribution in [2.45, 2.75) is 30.8 Å². The number of fused-ring (bicyclic) bond motifs is 4. The maximum absolute atomic E-state index is 13.2. The zero-order valence-electron chi connectivity index (χ0n) is 18.5. The van der Waals surface area contributed by atoms with Crippen molar-refractivity contribution in [3.05, 3.63) is 83.4 Å². The largest absolute Gasteiger partial charge is 0.586 e. The smallest absolute Gasteiger partial charge is 0.449 e. The molecular weight excluding hydrogens is 460 g/mol. The van der Waals surface area contributed by atoms with Gasteiger partial charge in [0, 0.05) is 12.5 Å². The normalized spacial score (nSPS) is 16.8. The van der Waals surface area contributed by atoms with Gasteiger partial charge in [-0.2, -0.15) is 0 Å². The van der Waals surface area contributed by atoms with Crippen molar-refractivity contribution < 1.29 is 38.0 Å². The van der Waals surface area contributed by atoms with Gasteiger partial charge in [0.05, 0.1) is 6.10 Å². The van der Waals surface area contributed by atoms with Gasteiger partial charge in [-0.15, -0.1) is 8.78 Å². The number of nitrogens with one attached hydrogen (secondary N) is 1. The van der Waals surface area contributed by atoms with Crippen molar-refractivity contribution in [2.75, 3.05) is 13.2 Å². The van der Waals surface area contributed by atoms with Gasteiger partial charge in [-0.3, -0.25) is 0 Å². The van der Waals surface area contributed by atoms with E-state index in [4.69, 9.17) is 4.74 Å². The molecule has 0 bridgehead atoms. The van der Waals surface area contributed by atoms with E-state index >= 15 is 0 Å². The molecule has 0 saturated heterocycles. The van der Waals surface area contributed by atoms with Gasteiger partial charge >= 0.3 is 12.4 Å². The second kappa shape index (κ2) is 9.16. The van der Waals surface area contributed by atoms with Crippen molar-refractivity contribution in [3.63, 3.8) is 0 Å². The van der Waals surface area contributed by atoms with Crippen LogP contribution in [0, 0.1) is 0 Å². The van der Waals surface area contributed by atoms with E-state index in [0.717, 1.165) is 22.3 Å². The van der Waals surface area contributed by atoms with E-state index in [9.17, 15) is 23.8 Å². The van der Waals surface area contributed by atoms with Crippen LogP contribution in [0.4, 0.5) is 13.6 Å². The third kappa shape index (κ3) is 4.65. The number of alkyl halides is 2. The lowest BCUT2D eigenvalue weighted by molar-refractivity contribution is -0.286. The SMILES string of the molecule is O=C(NCCC(O)C(O)c1ccc2c(c1)OC(F)(F)O2)OCC1c2ccccc2-c2ccccc21. The molecule has 2 unspecified atom stereocenters. The molecule has 3 aromatic carbocycles. The summed E-state index contributed by atoms with van der Waals surface area (Å²) in [5.41, 5.74) is 4.63. The molecule has 2 atom stereocenters. The molecule has 1 aliphatic carbocycles. The molecule has 3 N–H and O–H groups in total. The Morgan fingerprint density at radius 3 is 2.29 bits per heavy atom. The predicted octanol–water partition coefficient (Wildman–Crippen LogP) is 4.33. The summed E-state index contributed by atoms with van der Waals surface area (Å²) in [6.07, 6.45) is -7.03. The van der Waals surface area contributed by atoms with Crippen LogP contribution in [0.1, 0.15) is 35.1 Å². The number of alkyl carbamates (subject to hydrolysis) is 1. The molecule has 182 valence electrons. The molecule has 0 spiro atoms. The lowest BCUT2D eigenvalue weighted by atomic mass is 9.98. The van der Waals surface area contributed by atoms with E-state index < -0.39 is 24.6 Å². The maximum Gasteiger partial charge on any atom is 0.586 e. The molecule has 1 heterocycles. The number of hydrogen-bond acceptors (Lipinski definition) is 6. The minimum absolute atomic E-state index is 0.00988. The highest BCUT2D eigenvalue weighted by Crippen LogP contribution is 2.45. The van der Waals surface area contributed by atoms with Crippen LogP contribution in [-0.2, 0) is 4.74 Å². The zero-order valence-corrected chi connectivity index (χ0v) is 18.5. The third-order valence-electron chi connectivity index (χ3n) is 6.18. The molecule has 0 radical (unpaired) electrons. The molecule has 0 fully saturated rings. The first kappa shape index (κ1) is 23.1. The van der Waals surface area contributed by atoms with Gasteiger partial charge in [0.1, 0.15) is 12.7 Å². The van der Waals surface area contributed by atoms with Crippen molar-refractivity contribution in [3.8, 4) is 22.6 Å². The lowest BCUT2D eigenvalue weighted by Crippen LogP contribution is -2.30. The van der Waals surface area contributed by atoms with E-state index in [-0.39, 0.29) is 42.6 Å². The predicted molar refractivity (Wildman–Crippen MR) is 121 cm³/mol. The third-order valence-corrected chi connectivity index (χ3v) is 6.18. The summed E-state index contributed by atoms with van der Waals surface area (Å²) in [7, 11) is 0. The highest BCUT2D eigenvalue weighted by molar-refractivity contribution is 5.79. The number of benzene rings is 3. The standard InChI is InChI=1S/C26H23F2NO6/c27-26(28)34-22-10-9-15(13-23(22)35-26)24(31)21(30)11-12-29-25(32)33-14-20-18-7-3-1-5-16(18)17-6-2-4-8-19(17)20/h1-10,13,20-21,24,30-31H,11-12,14H2,(H,29,32). The Bertz CT molecular complexity index is 1200. The first-order chi connectivity index (χ1) is 16.8. The van der Waals surface area contributed by atoms with Crippen LogP contribution in [0.25, 0.3) is 11.1 Å². The first-order valence-corrected chi connectivity index (χ1v) is 11.2. The Labute approximate surface area is 199 Å². The van der Waals surface area contributed by atoms with Crippen molar-refractivity contribution in [2.24, 2.45) is 0 Å². The van der Waals surface area contributed by atoms with Crippen molar-refractivity contribution in [1.29, 1.82) is 0 Å². The molecule has 35 heavy (non-hydrogen) atoms. The monoisotopic (exact) mass is 483 g/mol. The summed E-state index contributed by atoms with van der Waals surface area (Å²) >= 11 is 0. The van der Waals surface area contributed by atoms with Crippen molar-refractivity contribution in [1.82, 2.24) is 5.32 Å². The van der Waals surface area contributed by atoms with Crippen molar-refractivity contribution >= 4 is 6.09 Å². The highest BCUT2D eigenvalue weighted by Gasteiger charge is 2.43. The molecule has 1 aliphatic heterocycles. The van der Waals surface area contributed by atoms with Gasteiger partial charge in [0.2, 0.25) is 0 Å². The maximum atomic E-state index is 13.2. The van der Waals surface area contributed by atoms with Gasteiger partial charge in [-0.05, 0) is 46.4 Å². The number of rotatable bonds is 7. The Kier molecular flexibility index (Phi) is 6.04. The average Bonchev–Trinajstić information content (AvgIpc) is 3.34. The molecule has 5 rings (SSSR count). The number of hydrogen-bond donors (Lipinski definition) is 3. The fourth-order valence-electron chi connectivity index (χ4n) is 4.50. The van der Waals surface area contributed by atoms with Gasteiger partial charge in [-0.25, -0.2) is 4.79 Å². The van der Waals surface area contributed by atoms with Crippen LogP contribution in [0.3, 0.4) is 0 Å². The van der Waals surface area contributed by atoms with Crippen LogP contribution in [-0.4, -0.2) is 41.9 Å². The number of ether oxygens (including phenoxy) is 3. The van der Waals surface area contributed by atoms with Gasteiger partial charge in [-0.1, -0.05) is 54.6 Å². The zero-order chi connectivity index (χ0) is 24.6. The summed E-state index contributed by atoms with van der Waals surface area (Å²) < 4.78 is 40.5. The van der Waals surface area contributed by atoms with E-state index in [0.29, 0.717) is 0 Å². The molecule has 0 aromatic heterocycles. The van der Waals surface area contributed by atoms with E-state index in [1.165, 1.54) is 18.2 Å². The van der Waals surface area contributed by atoms with E-state index in [1.807, 2.05) is 48.5 Å². The number of amides is 1. The fraction of sp³-hybridized carbons (Fsp3) is 0.269. The second-order valence-electron chi connectivity index (χ2n) is 8.43. The van der Waals surface area contributed by atoms with Crippen LogP contribution < -0.4 is 14.8 Å². The van der Waals surface area contributed by atoms with Crippen LogP contribution in [0.2, 0.25) is 0 Å². The van der Waals surface area contributed by atoms with E-state index in [2.05, 4.69) is 14.8 Å². The summed E-state index contributed by atoms with van der Waals surface area (Å²) in [5, 5.41) is 23.2. The highest BCUT2D eigenvalue weighted by atomic mass is 19.3. The number of aliphatic hydroxyl groups is 2.